The van der Waals surface area contributed by atoms with Gasteiger partial charge in [-0.2, -0.15) is 5.10 Å². The number of benzene rings is 1. The third-order valence-electron chi connectivity index (χ3n) is 11.9. The molecule has 0 saturated heterocycles. The lowest BCUT2D eigenvalue weighted by Crippen LogP contribution is -2.48. The molecule has 10 rings (SSSR count). The zero-order chi connectivity index (χ0) is 35.8. The Morgan fingerprint density at radius 2 is 1.75 bits per heavy atom. The highest BCUT2D eigenvalue weighted by Gasteiger charge is 2.51. The first-order valence-electron chi connectivity index (χ1n) is 18.7. The van der Waals surface area contributed by atoms with Gasteiger partial charge in [0.2, 0.25) is 0 Å². The van der Waals surface area contributed by atoms with Crippen LogP contribution in [0.5, 0.6) is 0 Å². The third-order valence-corrected chi connectivity index (χ3v) is 11.9. The molecule has 4 bridgehead atoms. The summed E-state index contributed by atoms with van der Waals surface area (Å²) in [6, 6.07) is 9.83. The van der Waals surface area contributed by atoms with Crippen molar-refractivity contribution >= 4 is 29.2 Å². The molecule has 0 radical (unpaired) electrons. The van der Waals surface area contributed by atoms with E-state index in [1.54, 1.807) is 24.8 Å². The van der Waals surface area contributed by atoms with Crippen LogP contribution in [-0.4, -0.2) is 53.2 Å². The SMILES string of the molecule is Cc1c(-c2ccc(N3CCc4cccc(C(=O)Nc5cn6ccncc6n5)c4C3)nc2C(=O)OC(C)(C)C)cnn1CC12CC3CC(CC(C3)C1)C2. The first-order chi connectivity index (χ1) is 25.0. The van der Waals surface area contributed by atoms with Gasteiger partial charge in [0.05, 0.1) is 18.6 Å². The average molecular weight is 699 g/mol. The normalized spacial score (nSPS) is 23.5. The maximum absolute atomic E-state index is 13.9. The van der Waals surface area contributed by atoms with Crippen molar-refractivity contribution in [3.8, 4) is 11.1 Å². The molecule has 4 aromatic heterocycles. The molecule has 11 nitrogen and oxygen atoms in total. The lowest BCUT2D eigenvalue weighted by atomic mass is 9.49. The maximum Gasteiger partial charge on any atom is 0.358 e. The van der Waals surface area contributed by atoms with Crippen molar-refractivity contribution in [3.63, 3.8) is 0 Å². The summed E-state index contributed by atoms with van der Waals surface area (Å²) in [6.45, 7) is 9.84. The molecule has 1 aromatic carbocycles. The number of hydrogen-bond acceptors (Lipinski definition) is 8. The van der Waals surface area contributed by atoms with Crippen LogP contribution in [0.2, 0.25) is 0 Å². The van der Waals surface area contributed by atoms with Gasteiger partial charge in [-0.3, -0.25) is 14.5 Å². The molecule has 1 aliphatic heterocycles. The van der Waals surface area contributed by atoms with Crippen LogP contribution in [0.15, 0.2) is 61.3 Å². The molecular weight excluding hydrogens is 653 g/mol. The van der Waals surface area contributed by atoms with Gasteiger partial charge >= 0.3 is 5.97 Å². The van der Waals surface area contributed by atoms with E-state index >= 15 is 0 Å². The number of carbonyl (C=O) groups excluding carboxylic acids is 2. The predicted octanol–water partition coefficient (Wildman–Crippen LogP) is 7.28. The van der Waals surface area contributed by atoms with Crippen LogP contribution >= 0.6 is 0 Å². The van der Waals surface area contributed by atoms with Gasteiger partial charge in [-0.15, -0.1) is 0 Å². The summed E-state index contributed by atoms with van der Waals surface area (Å²) in [4.78, 5) is 43.3. The Morgan fingerprint density at radius 1 is 0.981 bits per heavy atom. The van der Waals surface area contributed by atoms with Gasteiger partial charge in [-0.25, -0.2) is 14.8 Å². The number of nitrogens with zero attached hydrogens (tertiary/aromatic N) is 7. The first kappa shape index (κ1) is 32.8. The Kier molecular flexibility index (Phi) is 7.75. The van der Waals surface area contributed by atoms with E-state index in [1.165, 1.54) is 38.5 Å². The topological polar surface area (TPSA) is 120 Å². The van der Waals surface area contributed by atoms with E-state index in [4.69, 9.17) is 14.8 Å². The summed E-state index contributed by atoms with van der Waals surface area (Å²) < 4.78 is 9.94. The van der Waals surface area contributed by atoms with E-state index in [9.17, 15) is 9.59 Å². The summed E-state index contributed by atoms with van der Waals surface area (Å²) in [6.07, 6.45) is 17.7. The molecule has 5 aliphatic rings. The lowest BCUT2D eigenvalue weighted by Gasteiger charge is -2.56. The van der Waals surface area contributed by atoms with E-state index in [2.05, 4.69) is 37.9 Å². The van der Waals surface area contributed by atoms with Crippen molar-refractivity contribution in [1.82, 2.24) is 29.1 Å². The number of imidazole rings is 1. The molecule has 0 unspecified atom stereocenters. The van der Waals surface area contributed by atoms with Crippen LogP contribution < -0.4 is 10.2 Å². The van der Waals surface area contributed by atoms with Gasteiger partial charge in [0.15, 0.2) is 17.2 Å². The average Bonchev–Trinajstić information content (AvgIpc) is 3.67. The van der Waals surface area contributed by atoms with Gasteiger partial charge in [0.1, 0.15) is 11.4 Å². The smallest absolute Gasteiger partial charge is 0.358 e. The number of esters is 1. The summed E-state index contributed by atoms with van der Waals surface area (Å²) >= 11 is 0. The highest BCUT2D eigenvalue weighted by molar-refractivity contribution is 6.05. The van der Waals surface area contributed by atoms with Gasteiger partial charge in [0.25, 0.3) is 5.91 Å². The Hall–Kier alpha value is -5.06. The number of hydrogen-bond donors (Lipinski definition) is 1. The molecule has 4 fully saturated rings. The molecule has 0 spiro atoms. The van der Waals surface area contributed by atoms with Crippen LogP contribution in [0, 0.1) is 30.1 Å². The van der Waals surface area contributed by atoms with Crippen LogP contribution in [0.1, 0.15) is 97.0 Å². The second kappa shape index (κ2) is 12.3. The molecule has 5 heterocycles. The number of ether oxygens (including phenoxy) is 1. The molecule has 11 heteroatoms. The van der Waals surface area contributed by atoms with Gasteiger partial charge in [-0.1, -0.05) is 12.1 Å². The number of amides is 1. The fourth-order valence-corrected chi connectivity index (χ4v) is 10.1. The fraction of sp³-hybridized carbons (Fsp3) is 0.463. The molecule has 1 amide bonds. The highest BCUT2D eigenvalue weighted by atomic mass is 16.6. The van der Waals surface area contributed by atoms with Crippen molar-refractivity contribution in [1.29, 1.82) is 0 Å². The number of anilines is 2. The monoisotopic (exact) mass is 698 g/mol. The van der Waals surface area contributed by atoms with E-state index in [1.807, 2.05) is 55.6 Å². The highest BCUT2D eigenvalue weighted by Crippen LogP contribution is 2.60. The number of carbonyl (C=O) groups is 2. The Balaban J connectivity index is 1.01. The molecule has 4 saturated carbocycles. The van der Waals surface area contributed by atoms with Gasteiger partial charge in [0, 0.05) is 54.4 Å². The number of fused-ring (bicyclic) bond motifs is 2. The largest absolute Gasteiger partial charge is 0.455 e. The van der Waals surface area contributed by atoms with Crippen LogP contribution in [-0.2, 0) is 24.2 Å². The van der Waals surface area contributed by atoms with Crippen molar-refractivity contribution in [2.45, 2.75) is 91.3 Å². The first-order valence-corrected chi connectivity index (χ1v) is 18.7. The van der Waals surface area contributed by atoms with Crippen molar-refractivity contribution < 1.29 is 14.3 Å². The van der Waals surface area contributed by atoms with Crippen molar-refractivity contribution in [2.75, 3.05) is 16.8 Å². The fourth-order valence-electron chi connectivity index (χ4n) is 10.1. The lowest BCUT2D eigenvalue weighted by molar-refractivity contribution is -0.0638. The maximum atomic E-state index is 13.9. The molecule has 268 valence electrons. The van der Waals surface area contributed by atoms with Gasteiger partial charge < -0.3 is 19.4 Å². The molecule has 52 heavy (non-hydrogen) atoms. The predicted molar refractivity (Wildman–Crippen MR) is 198 cm³/mol. The summed E-state index contributed by atoms with van der Waals surface area (Å²) in [7, 11) is 0. The second-order valence-electron chi connectivity index (χ2n) is 16.8. The van der Waals surface area contributed by atoms with Crippen molar-refractivity contribution in [2.24, 2.45) is 23.2 Å². The molecule has 5 aromatic rings. The molecule has 1 N–H and O–H groups in total. The van der Waals surface area contributed by atoms with Gasteiger partial charge in [-0.05, 0) is 125 Å². The zero-order valence-electron chi connectivity index (χ0n) is 30.4. The van der Waals surface area contributed by atoms with E-state index < -0.39 is 11.6 Å². The Morgan fingerprint density at radius 3 is 2.48 bits per heavy atom. The summed E-state index contributed by atoms with van der Waals surface area (Å²) in [5.74, 6) is 3.06. The standard InChI is InChI=1S/C41H46N8O3/c1-25-32(20-43-49(25)24-41-17-26-14-27(18-41)16-28(15-26)19-41)30-8-9-35(46-37(30)39(51)52-40(2,3)4)47-12-10-29-6-5-7-31(33(29)22-47)38(50)45-34-23-48-13-11-42-21-36(48)44-34/h5-9,11,13,20-21,23,26-28H,10,12,14-19,22,24H2,1-4H3,(H,45,50). The Labute approximate surface area is 303 Å². The third kappa shape index (κ3) is 6.03. The van der Waals surface area contributed by atoms with E-state index in [0.29, 0.717) is 41.4 Å². The van der Waals surface area contributed by atoms with Crippen LogP contribution in [0.3, 0.4) is 0 Å². The van der Waals surface area contributed by atoms with Crippen molar-refractivity contribution in [3.05, 3.63) is 89.4 Å². The molecule has 4 aliphatic carbocycles. The van der Waals surface area contributed by atoms with E-state index in [0.717, 1.165) is 58.7 Å². The zero-order valence-corrected chi connectivity index (χ0v) is 30.4. The minimum Gasteiger partial charge on any atom is -0.455 e. The second-order valence-corrected chi connectivity index (χ2v) is 16.8. The number of nitrogens with one attached hydrogen (secondary N) is 1. The summed E-state index contributed by atoms with van der Waals surface area (Å²) in [5, 5.41) is 7.90. The number of aromatic nitrogens is 6. The van der Waals surface area contributed by atoms with Crippen LogP contribution in [0.4, 0.5) is 11.6 Å². The Bertz CT molecular complexity index is 2140. The van der Waals surface area contributed by atoms with E-state index in [-0.39, 0.29) is 11.6 Å². The molecule has 0 atom stereocenters. The number of pyridine rings is 1. The quantitative estimate of drug-likeness (QED) is 0.176. The van der Waals surface area contributed by atoms with Crippen LogP contribution in [0.25, 0.3) is 16.8 Å². The molecular formula is C41H46N8O3. The minimum absolute atomic E-state index is 0.228. The summed E-state index contributed by atoms with van der Waals surface area (Å²) in [5.41, 5.74) is 5.92. The number of rotatable bonds is 7. The minimum atomic E-state index is -0.687.